The molecule has 0 amide bonds. The van der Waals surface area contributed by atoms with E-state index in [2.05, 4.69) is 20.1 Å². The highest BCUT2D eigenvalue weighted by molar-refractivity contribution is 7.98. The highest BCUT2D eigenvalue weighted by Gasteiger charge is 2.15. The van der Waals surface area contributed by atoms with Crippen molar-refractivity contribution in [2.45, 2.75) is 31.7 Å². The van der Waals surface area contributed by atoms with Crippen LogP contribution in [0.3, 0.4) is 0 Å². The Morgan fingerprint density at radius 1 is 1.04 bits per heavy atom. The van der Waals surface area contributed by atoms with E-state index in [0.29, 0.717) is 22.3 Å². The second kappa shape index (κ2) is 7.20. The summed E-state index contributed by atoms with van der Waals surface area (Å²) < 4.78 is 14.7. The van der Waals surface area contributed by atoms with E-state index in [1.54, 1.807) is 12.1 Å². The van der Waals surface area contributed by atoms with Crippen LogP contribution in [0.1, 0.15) is 22.8 Å². The molecule has 1 N–H and O–H groups in total. The third kappa shape index (κ3) is 3.55. The van der Waals surface area contributed by atoms with Crippen LogP contribution in [0.4, 0.5) is 4.39 Å². The number of nitrogens with zero attached hydrogens (tertiary/aromatic N) is 4. The number of fused-ring (bicyclic) bond motifs is 1. The maximum Gasteiger partial charge on any atom is 0.272 e. The molecular weight excluding hydrogens is 377 g/mol. The molecule has 0 fully saturated rings. The van der Waals surface area contributed by atoms with Crippen LogP contribution in [0.15, 0.2) is 46.3 Å². The number of aromatic nitrogens is 5. The van der Waals surface area contributed by atoms with E-state index in [-0.39, 0.29) is 11.4 Å². The lowest BCUT2D eigenvalue weighted by Crippen LogP contribution is -2.15. The fraction of sp³-hybridized carbons (Fsp3) is 0.200. The van der Waals surface area contributed by atoms with Gasteiger partial charge in [-0.3, -0.25) is 9.89 Å². The molecule has 0 atom stereocenters. The molecule has 4 aromatic rings. The zero-order chi connectivity index (χ0) is 19.8. The van der Waals surface area contributed by atoms with Gasteiger partial charge in [-0.05, 0) is 44.5 Å². The van der Waals surface area contributed by atoms with E-state index in [1.807, 2.05) is 26.8 Å². The molecule has 0 aliphatic heterocycles. The lowest BCUT2D eigenvalue weighted by molar-refractivity contribution is 0.628. The van der Waals surface area contributed by atoms with Gasteiger partial charge in [-0.1, -0.05) is 23.9 Å². The second-order valence-corrected chi connectivity index (χ2v) is 7.53. The number of thioether (sulfide) groups is 1. The van der Waals surface area contributed by atoms with Crippen LogP contribution in [-0.2, 0) is 5.75 Å². The first kappa shape index (κ1) is 18.4. The van der Waals surface area contributed by atoms with Crippen LogP contribution in [0, 0.1) is 26.6 Å². The summed E-state index contributed by atoms with van der Waals surface area (Å²) in [5, 5.41) is 3.70. The first-order valence-electron chi connectivity index (χ1n) is 8.73. The van der Waals surface area contributed by atoms with Crippen molar-refractivity contribution in [3.8, 4) is 11.1 Å². The quantitative estimate of drug-likeness (QED) is 0.420. The van der Waals surface area contributed by atoms with Gasteiger partial charge in [-0.15, -0.1) is 0 Å². The van der Waals surface area contributed by atoms with Crippen LogP contribution in [0.2, 0.25) is 0 Å². The molecule has 0 aliphatic carbocycles. The average molecular weight is 395 g/mol. The molecule has 0 saturated carbocycles. The Kier molecular flexibility index (Phi) is 4.72. The van der Waals surface area contributed by atoms with E-state index in [4.69, 9.17) is 0 Å². The van der Waals surface area contributed by atoms with Crippen molar-refractivity contribution < 1.29 is 4.39 Å². The standard InChI is InChI=1S/C20H18FN5OS/c1-11-8-12(2)23-20(22-11)28-10-16-9-17(27)26-19(24-16)18(13(3)25-26)14-4-6-15(21)7-5-14/h4-9,25H,10H2,1-3H3. The molecule has 8 heteroatoms. The van der Waals surface area contributed by atoms with Crippen molar-refractivity contribution in [3.63, 3.8) is 0 Å². The van der Waals surface area contributed by atoms with E-state index in [9.17, 15) is 9.18 Å². The number of aryl methyl sites for hydroxylation is 3. The number of benzene rings is 1. The Hall–Kier alpha value is -3.00. The highest BCUT2D eigenvalue weighted by atomic mass is 32.2. The van der Waals surface area contributed by atoms with Gasteiger partial charge in [0.05, 0.1) is 5.69 Å². The summed E-state index contributed by atoms with van der Waals surface area (Å²) in [4.78, 5) is 26.1. The molecule has 6 nitrogen and oxygen atoms in total. The Labute approximate surface area is 164 Å². The van der Waals surface area contributed by atoms with Crippen LogP contribution >= 0.6 is 11.8 Å². The topological polar surface area (TPSA) is 75.9 Å². The average Bonchev–Trinajstić information content (AvgIpc) is 2.97. The highest BCUT2D eigenvalue weighted by Crippen LogP contribution is 2.27. The van der Waals surface area contributed by atoms with Crippen molar-refractivity contribution in [1.29, 1.82) is 0 Å². The first-order valence-corrected chi connectivity index (χ1v) is 9.71. The lowest BCUT2D eigenvalue weighted by Gasteiger charge is -2.04. The Morgan fingerprint density at radius 2 is 1.71 bits per heavy atom. The molecule has 0 unspecified atom stereocenters. The van der Waals surface area contributed by atoms with Crippen molar-refractivity contribution in [1.82, 2.24) is 24.6 Å². The number of aromatic amines is 1. The summed E-state index contributed by atoms with van der Waals surface area (Å²) in [7, 11) is 0. The summed E-state index contributed by atoms with van der Waals surface area (Å²) in [6, 6.07) is 9.58. The molecular formula is C20H18FN5OS. The number of nitrogens with one attached hydrogen (secondary N) is 1. The molecule has 0 radical (unpaired) electrons. The van der Waals surface area contributed by atoms with Gasteiger partial charge in [-0.25, -0.2) is 23.9 Å². The van der Waals surface area contributed by atoms with Gasteiger partial charge < -0.3 is 0 Å². The molecule has 3 heterocycles. The number of hydrogen-bond donors (Lipinski definition) is 1. The number of rotatable bonds is 4. The van der Waals surface area contributed by atoms with Gasteiger partial charge in [0.1, 0.15) is 5.82 Å². The van der Waals surface area contributed by atoms with Gasteiger partial charge in [0.25, 0.3) is 5.56 Å². The van der Waals surface area contributed by atoms with Gasteiger partial charge in [0, 0.05) is 34.5 Å². The van der Waals surface area contributed by atoms with Crippen LogP contribution < -0.4 is 5.56 Å². The molecule has 28 heavy (non-hydrogen) atoms. The van der Waals surface area contributed by atoms with Gasteiger partial charge in [0.2, 0.25) is 0 Å². The van der Waals surface area contributed by atoms with Crippen LogP contribution in [-0.4, -0.2) is 24.6 Å². The lowest BCUT2D eigenvalue weighted by atomic mass is 10.1. The largest absolute Gasteiger partial charge is 0.293 e. The summed E-state index contributed by atoms with van der Waals surface area (Å²) in [5.41, 5.74) is 5.14. The van der Waals surface area contributed by atoms with E-state index < -0.39 is 0 Å². The fourth-order valence-electron chi connectivity index (χ4n) is 3.13. The van der Waals surface area contributed by atoms with Gasteiger partial charge in [-0.2, -0.15) is 0 Å². The smallest absolute Gasteiger partial charge is 0.272 e. The van der Waals surface area contributed by atoms with Crippen molar-refractivity contribution in [2.75, 3.05) is 0 Å². The minimum absolute atomic E-state index is 0.196. The van der Waals surface area contributed by atoms with Crippen LogP contribution in [0.5, 0.6) is 0 Å². The molecule has 0 bridgehead atoms. The van der Waals surface area contributed by atoms with Crippen LogP contribution in [0.25, 0.3) is 16.8 Å². The van der Waals surface area contributed by atoms with Gasteiger partial charge >= 0.3 is 0 Å². The summed E-state index contributed by atoms with van der Waals surface area (Å²) in [6.07, 6.45) is 0. The van der Waals surface area contributed by atoms with Gasteiger partial charge in [0.15, 0.2) is 10.8 Å². The SMILES string of the molecule is Cc1cc(C)nc(SCc2cc(=O)n3[nH]c(C)c(-c4ccc(F)cc4)c3n2)n1. The molecule has 4 rings (SSSR count). The summed E-state index contributed by atoms with van der Waals surface area (Å²) in [6.45, 7) is 5.71. The summed E-state index contributed by atoms with van der Waals surface area (Å²) in [5.74, 6) is 0.166. The van der Waals surface area contributed by atoms with Crippen molar-refractivity contribution in [2.24, 2.45) is 0 Å². The Morgan fingerprint density at radius 3 is 2.39 bits per heavy atom. The predicted molar refractivity (Wildman–Crippen MR) is 107 cm³/mol. The minimum atomic E-state index is -0.308. The molecule has 0 saturated heterocycles. The fourth-order valence-corrected chi connectivity index (χ4v) is 3.97. The molecule has 142 valence electrons. The number of halogens is 1. The van der Waals surface area contributed by atoms with Crippen molar-refractivity contribution >= 4 is 17.4 Å². The van der Waals surface area contributed by atoms with Crippen molar-refractivity contribution in [3.05, 3.63) is 75.3 Å². The number of hydrogen-bond acceptors (Lipinski definition) is 5. The summed E-state index contributed by atoms with van der Waals surface area (Å²) >= 11 is 1.44. The maximum atomic E-state index is 13.3. The predicted octanol–water partition coefficient (Wildman–Crippen LogP) is 3.84. The zero-order valence-electron chi connectivity index (χ0n) is 15.7. The van der Waals surface area contributed by atoms with E-state index in [0.717, 1.165) is 28.2 Å². The molecule has 1 aromatic carbocycles. The van der Waals surface area contributed by atoms with E-state index in [1.165, 1.54) is 34.5 Å². The number of H-pyrrole nitrogens is 1. The Balaban J connectivity index is 1.73. The second-order valence-electron chi connectivity index (χ2n) is 6.59. The zero-order valence-corrected chi connectivity index (χ0v) is 16.5. The third-order valence-corrected chi connectivity index (χ3v) is 5.17. The monoisotopic (exact) mass is 395 g/mol. The third-order valence-electron chi connectivity index (χ3n) is 4.29. The first-order chi connectivity index (χ1) is 13.4. The normalized spacial score (nSPS) is 11.3. The maximum absolute atomic E-state index is 13.3. The Bertz CT molecular complexity index is 1210. The molecule has 0 spiro atoms. The molecule has 0 aliphatic rings. The minimum Gasteiger partial charge on any atom is -0.293 e. The molecule has 3 aromatic heterocycles. The van der Waals surface area contributed by atoms with E-state index >= 15 is 0 Å².